The van der Waals surface area contributed by atoms with Crippen LogP contribution in [0.2, 0.25) is 0 Å². The van der Waals surface area contributed by atoms with Crippen molar-refractivity contribution in [1.82, 2.24) is 0 Å². The molecule has 0 amide bonds. The summed E-state index contributed by atoms with van der Waals surface area (Å²) in [6.07, 6.45) is 2.50. The molecule has 156 valence electrons. The summed E-state index contributed by atoms with van der Waals surface area (Å²) in [5, 5.41) is 0.742. The molecule has 0 aliphatic rings. The van der Waals surface area contributed by atoms with Gasteiger partial charge in [-0.1, -0.05) is 24.3 Å². The number of methoxy groups -OCH3 is 1. The normalized spacial score (nSPS) is 10.6. The standard InChI is InChI=1S/C24H24O6/c1-5-6-17-8-10-20(21(11-17)27-4)28-14-23(26)29-13-18-12-22(25)30-24-16(3)15(2)7-9-19(18)24/h5,7-12H,1,6,13-14H2,2-4H3. The molecule has 0 atom stereocenters. The number of carbonyl (C=O) groups excluding carboxylic acids is 1. The van der Waals surface area contributed by atoms with E-state index in [0.717, 1.165) is 22.1 Å². The summed E-state index contributed by atoms with van der Waals surface area (Å²) in [5.41, 5.74) is 3.53. The minimum Gasteiger partial charge on any atom is -0.493 e. The number of esters is 1. The summed E-state index contributed by atoms with van der Waals surface area (Å²) < 4.78 is 21.5. The third kappa shape index (κ3) is 4.71. The number of fused-ring (bicyclic) bond motifs is 1. The fourth-order valence-corrected chi connectivity index (χ4v) is 3.11. The van der Waals surface area contributed by atoms with Crippen LogP contribution in [0.1, 0.15) is 22.3 Å². The van der Waals surface area contributed by atoms with E-state index < -0.39 is 11.6 Å². The van der Waals surface area contributed by atoms with Gasteiger partial charge < -0.3 is 18.6 Å². The number of allylic oxidation sites excluding steroid dienone is 1. The quantitative estimate of drug-likeness (QED) is 0.315. The van der Waals surface area contributed by atoms with Crippen molar-refractivity contribution < 1.29 is 23.4 Å². The third-order valence-electron chi connectivity index (χ3n) is 4.86. The topological polar surface area (TPSA) is 75.0 Å². The highest BCUT2D eigenvalue weighted by Gasteiger charge is 2.13. The number of benzene rings is 2. The average molecular weight is 408 g/mol. The van der Waals surface area contributed by atoms with Crippen molar-refractivity contribution in [2.24, 2.45) is 0 Å². The first-order valence-electron chi connectivity index (χ1n) is 9.52. The van der Waals surface area contributed by atoms with E-state index in [0.29, 0.717) is 29.1 Å². The average Bonchev–Trinajstić information content (AvgIpc) is 2.74. The molecule has 1 heterocycles. The summed E-state index contributed by atoms with van der Waals surface area (Å²) >= 11 is 0. The Morgan fingerprint density at radius 2 is 1.93 bits per heavy atom. The number of hydrogen-bond donors (Lipinski definition) is 0. The lowest BCUT2D eigenvalue weighted by Crippen LogP contribution is -2.16. The molecule has 0 saturated heterocycles. The molecule has 0 aliphatic heterocycles. The second-order valence-corrected chi connectivity index (χ2v) is 6.90. The Labute approximate surface area is 174 Å². The van der Waals surface area contributed by atoms with Crippen LogP contribution in [0.25, 0.3) is 11.0 Å². The smallest absolute Gasteiger partial charge is 0.344 e. The van der Waals surface area contributed by atoms with Crippen molar-refractivity contribution in [3.63, 3.8) is 0 Å². The largest absolute Gasteiger partial charge is 0.493 e. The molecule has 6 heteroatoms. The van der Waals surface area contributed by atoms with Crippen molar-refractivity contribution >= 4 is 16.9 Å². The van der Waals surface area contributed by atoms with E-state index in [2.05, 4.69) is 6.58 Å². The summed E-state index contributed by atoms with van der Waals surface area (Å²) in [6.45, 7) is 7.21. The van der Waals surface area contributed by atoms with Gasteiger partial charge in [0.2, 0.25) is 0 Å². The SMILES string of the molecule is C=CCc1ccc(OCC(=O)OCc2cc(=O)oc3c(C)c(C)ccc23)c(OC)c1. The molecule has 0 N–H and O–H groups in total. The van der Waals surface area contributed by atoms with E-state index in [1.807, 2.05) is 38.1 Å². The zero-order chi connectivity index (χ0) is 21.7. The van der Waals surface area contributed by atoms with Gasteiger partial charge >= 0.3 is 11.6 Å². The number of aryl methyl sites for hydroxylation is 2. The van der Waals surface area contributed by atoms with Gasteiger partial charge in [-0.3, -0.25) is 0 Å². The van der Waals surface area contributed by atoms with Gasteiger partial charge in [-0.15, -0.1) is 6.58 Å². The second-order valence-electron chi connectivity index (χ2n) is 6.90. The molecular weight excluding hydrogens is 384 g/mol. The van der Waals surface area contributed by atoms with Crippen LogP contribution in [0.3, 0.4) is 0 Å². The third-order valence-corrected chi connectivity index (χ3v) is 4.86. The van der Waals surface area contributed by atoms with E-state index in [4.69, 9.17) is 18.6 Å². The molecule has 30 heavy (non-hydrogen) atoms. The zero-order valence-corrected chi connectivity index (χ0v) is 17.3. The van der Waals surface area contributed by atoms with Crippen LogP contribution >= 0.6 is 0 Å². The molecule has 0 bridgehead atoms. The minimum atomic E-state index is -0.558. The lowest BCUT2D eigenvalue weighted by molar-refractivity contribution is -0.147. The van der Waals surface area contributed by atoms with E-state index in [9.17, 15) is 9.59 Å². The molecule has 0 saturated carbocycles. The number of ether oxygens (including phenoxy) is 3. The first-order valence-corrected chi connectivity index (χ1v) is 9.52. The lowest BCUT2D eigenvalue weighted by atomic mass is 10.0. The van der Waals surface area contributed by atoms with E-state index in [1.54, 1.807) is 12.1 Å². The molecule has 0 unspecified atom stereocenters. The van der Waals surface area contributed by atoms with Crippen LogP contribution in [-0.2, 0) is 22.6 Å². The van der Waals surface area contributed by atoms with E-state index in [-0.39, 0.29) is 13.2 Å². The fourth-order valence-electron chi connectivity index (χ4n) is 3.11. The number of carbonyl (C=O) groups is 1. The van der Waals surface area contributed by atoms with Gasteiger partial charge in [-0.05, 0) is 49.1 Å². The Morgan fingerprint density at radius 3 is 2.67 bits per heavy atom. The molecule has 2 aromatic carbocycles. The lowest BCUT2D eigenvalue weighted by Gasteiger charge is -2.12. The van der Waals surface area contributed by atoms with Crippen LogP contribution in [0.5, 0.6) is 11.5 Å². The van der Waals surface area contributed by atoms with Crippen LogP contribution < -0.4 is 15.1 Å². The second kappa shape index (κ2) is 9.31. The maximum atomic E-state index is 12.2. The van der Waals surface area contributed by atoms with Gasteiger partial charge in [0.15, 0.2) is 18.1 Å². The molecule has 0 fully saturated rings. The summed E-state index contributed by atoms with van der Waals surface area (Å²) in [4.78, 5) is 24.1. The highest BCUT2D eigenvalue weighted by molar-refractivity contribution is 5.84. The summed E-state index contributed by atoms with van der Waals surface area (Å²) in [5.74, 6) is 0.413. The van der Waals surface area contributed by atoms with E-state index >= 15 is 0 Å². The van der Waals surface area contributed by atoms with Gasteiger partial charge in [0.25, 0.3) is 0 Å². The predicted octanol–water partition coefficient (Wildman–Crippen LogP) is 4.27. The molecule has 0 spiro atoms. The van der Waals surface area contributed by atoms with Gasteiger partial charge in [-0.2, -0.15) is 0 Å². The summed E-state index contributed by atoms with van der Waals surface area (Å²) in [7, 11) is 1.54. The molecule has 3 rings (SSSR count). The molecule has 3 aromatic rings. The van der Waals surface area contributed by atoms with Crippen molar-refractivity contribution in [3.05, 3.63) is 81.7 Å². The number of hydrogen-bond acceptors (Lipinski definition) is 6. The predicted molar refractivity (Wildman–Crippen MR) is 114 cm³/mol. The maximum Gasteiger partial charge on any atom is 0.344 e. The minimum absolute atomic E-state index is 0.0534. The molecule has 0 radical (unpaired) electrons. The first kappa shape index (κ1) is 21.2. The van der Waals surface area contributed by atoms with Crippen LogP contribution in [-0.4, -0.2) is 19.7 Å². The molecule has 0 aliphatic carbocycles. The monoisotopic (exact) mass is 408 g/mol. The Balaban J connectivity index is 1.68. The first-order chi connectivity index (χ1) is 14.4. The van der Waals surface area contributed by atoms with Crippen molar-refractivity contribution in [2.45, 2.75) is 26.9 Å². The van der Waals surface area contributed by atoms with Crippen LogP contribution in [0, 0.1) is 13.8 Å². The van der Waals surface area contributed by atoms with E-state index in [1.165, 1.54) is 13.2 Å². The summed E-state index contributed by atoms with van der Waals surface area (Å²) in [6, 6.07) is 10.6. The van der Waals surface area contributed by atoms with Crippen LogP contribution in [0.15, 0.2) is 58.3 Å². The van der Waals surface area contributed by atoms with Gasteiger partial charge in [0.1, 0.15) is 12.2 Å². The van der Waals surface area contributed by atoms with Gasteiger partial charge in [0, 0.05) is 17.0 Å². The molecular formula is C24H24O6. The Morgan fingerprint density at radius 1 is 1.13 bits per heavy atom. The Hall–Kier alpha value is -3.54. The Bertz CT molecular complexity index is 1140. The van der Waals surface area contributed by atoms with Crippen molar-refractivity contribution in [3.8, 4) is 11.5 Å². The van der Waals surface area contributed by atoms with Crippen molar-refractivity contribution in [2.75, 3.05) is 13.7 Å². The molecule has 1 aromatic heterocycles. The molecule has 6 nitrogen and oxygen atoms in total. The maximum absolute atomic E-state index is 12.2. The Kier molecular flexibility index (Phi) is 6.57. The van der Waals surface area contributed by atoms with Crippen molar-refractivity contribution in [1.29, 1.82) is 0 Å². The number of rotatable bonds is 8. The highest BCUT2D eigenvalue weighted by Crippen LogP contribution is 2.28. The fraction of sp³-hybridized carbons (Fsp3) is 0.250. The van der Waals surface area contributed by atoms with Gasteiger partial charge in [0.05, 0.1) is 7.11 Å². The van der Waals surface area contributed by atoms with Gasteiger partial charge in [-0.25, -0.2) is 9.59 Å². The zero-order valence-electron chi connectivity index (χ0n) is 17.3. The van der Waals surface area contributed by atoms with Crippen LogP contribution in [0.4, 0.5) is 0 Å². The highest BCUT2D eigenvalue weighted by atomic mass is 16.6.